The zero-order valence-electron chi connectivity index (χ0n) is 10.8. The predicted molar refractivity (Wildman–Crippen MR) is 74.5 cm³/mol. The molecular formula is C12H11ClN4O3. The predicted octanol–water partition coefficient (Wildman–Crippen LogP) is 3.18. The molecule has 2 aromatic rings. The minimum absolute atomic E-state index is 0.0264. The number of anilines is 1. The van der Waals surface area contributed by atoms with Gasteiger partial charge in [0.25, 0.3) is 5.69 Å². The smallest absolute Gasteiger partial charge is 0.276 e. The Hall–Kier alpha value is -2.41. The van der Waals surface area contributed by atoms with Crippen LogP contribution in [0.5, 0.6) is 11.6 Å². The van der Waals surface area contributed by atoms with E-state index in [4.69, 9.17) is 16.3 Å². The first-order chi connectivity index (χ1) is 9.52. The summed E-state index contributed by atoms with van der Waals surface area (Å²) in [6.45, 7) is 1.60. The summed E-state index contributed by atoms with van der Waals surface area (Å²) in [6.07, 6.45) is 1.39. The number of hydrogen-bond acceptors (Lipinski definition) is 6. The van der Waals surface area contributed by atoms with Crippen LogP contribution in [0.25, 0.3) is 0 Å². The highest BCUT2D eigenvalue weighted by atomic mass is 35.5. The van der Waals surface area contributed by atoms with Crippen LogP contribution in [-0.2, 0) is 0 Å². The number of nitro groups is 1. The molecule has 104 valence electrons. The molecule has 0 atom stereocenters. The van der Waals surface area contributed by atoms with Crippen LogP contribution in [0.4, 0.5) is 11.6 Å². The minimum Gasteiger partial charge on any atom is -0.437 e. The summed E-state index contributed by atoms with van der Waals surface area (Å²) in [7, 11) is 1.66. The molecule has 1 heterocycles. The molecule has 0 radical (unpaired) electrons. The monoisotopic (exact) mass is 294 g/mol. The number of benzene rings is 1. The molecule has 0 spiro atoms. The molecule has 1 N–H and O–H groups in total. The van der Waals surface area contributed by atoms with Crippen molar-refractivity contribution in [2.75, 3.05) is 12.4 Å². The fraction of sp³-hybridized carbons (Fsp3) is 0.167. The van der Waals surface area contributed by atoms with Crippen LogP contribution in [0.3, 0.4) is 0 Å². The zero-order valence-corrected chi connectivity index (χ0v) is 11.5. The van der Waals surface area contributed by atoms with Crippen LogP contribution in [-0.4, -0.2) is 21.9 Å². The van der Waals surface area contributed by atoms with Crippen LogP contribution in [0.1, 0.15) is 5.56 Å². The van der Waals surface area contributed by atoms with Crippen molar-refractivity contribution in [3.05, 3.63) is 45.1 Å². The molecule has 20 heavy (non-hydrogen) atoms. The maximum atomic E-state index is 10.9. The maximum absolute atomic E-state index is 10.9. The molecular weight excluding hydrogens is 284 g/mol. The number of ether oxygens (including phenoxy) is 1. The van der Waals surface area contributed by atoms with Gasteiger partial charge < -0.3 is 10.1 Å². The van der Waals surface area contributed by atoms with Crippen LogP contribution in [0.2, 0.25) is 5.02 Å². The number of nitrogens with zero attached hydrogens (tertiary/aromatic N) is 3. The average Bonchev–Trinajstić information content (AvgIpc) is 2.43. The molecule has 2 rings (SSSR count). The van der Waals surface area contributed by atoms with E-state index in [2.05, 4.69) is 15.3 Å². The van der Waals surface area contributed by atoms with Crippen molar-refractivity contribution < 1.29 is 9.66 Å². The van der Waals surface area contributed by atoms with Gasteiger partial charge in [-0.05, 0) is 13.0 Å². The summed E-state index contributed by atoms with van der Waals surface area (Å²) in [5.41, 5.74) is 0.375. The van der Waals surface area contributed by atoms with Crippen LogP contribution < -0.4 is 10.1 Å². The molecule has 0 amide bonds. The van der Waals surface area contributed by atoms with E-state index in [9.17, 15) is 10.1 Å². The SMILES string of the molecule is CNc1ncc(Cl)c(Oc2cccc([N+](=O)[O-])c2C)n1. The largest absolute Gasteiger partial charge is 0.437 e. The topological polar surface area (TPSA) is 90.2 Å². The van der Waals surface area contributed by atoms with E-state index in [1.54, 1.807) is 20.0 Å². The third-order valence-electron chi connectivity index (χ3n) is 2.59. The van der Waals surface area contributed by atoms with Crippen molar-refractivity contribution in [2.24, 2.45) is 0 Å². The Bertz CT molecular complexity index is 663. The van der Waals surface area contributed by atoms with Gasteiger partial charge in [0.05, 0.1) is 16.7 Å². The lowest BCUT2D eigenvalue weighted by Gasteiger charge is -2.09. The third-order valence-corrected chi connectivity index (χ3v) is 2.85. The van der Waals surface area contributed by atoms with Crippen molar-refractivity contribution in [3.8, 4) is 11.6 Å². The van der Waals surface area contributed by atoms with Crippen molar-refractivity contribution >= 4 is 23.2 Å². The third kappa shape index (κ3) is 2.77. The van der Waals surface area contributed by atoms with Crippen molar-refractivity contribution in [1.82, 2.24) is 9.97 Å². The highest BCUT2D eigenvalue weighted by Gasteiger charge is 2.16. The Morgan fingerprint density at radius 1 is 1.45 bits per heavy atom. The summed E-state index contributed by atoms with van der Waals surface area (Å²) < 4.78 is 5.55. The standard InChI is InChI=1S/C12H11ClN4O3/c1-7-9(17(18)19)4-3-5-10(7)20-11-8(13)6-15-12(14-2)16-11/h3-6H,1-2H3,(H,14,15,16). The van der Waals surface area contributed by atoms with Gasteiger partial charge in [-0.1, -0.05) is 17.7 Å². The van der Waals surface area contributed by atoms with Crippen LogP contribution in [0.15, 0.2) is 24.4 Å². The highest BCUT2D eigenvalue weighted by Crippen LogP contribution is 2.33. The molecule has 7 nitrogen and oxygen atoms in total. The highest BCUT2D eigenvalue weighted by molar-refractivity contribution is 6.31. The molecule has 0 saturated carbocycles. The van der Waals surface area contributed by atoms with E-state index in [1.165, 1.54) is 18.3 Å². The lowest BCUT2D eigenvalue weighted by Crippen LogP contribution is -2.00. The van der Waals surface area contributed by atoms with Crippen LogP contribution >= 0.6 is 11.6 Å². The first-order valence-corrected chi connectivity index (χ1v) is 6.03. The maximum Gasteiger partial charge on any atom is 0.276 e. The quantitative estimate of drug-likeness (QED) is 0.688. The van der Waals surface area contributed by atoms with E-state index < -0.39 is 4.92 Å². The second-order valence-electron chi connectivity index (χ2n) is 3.86. The van der Waals surface area contributed by atoms with Crippen molar-refractivity contribution in [2.45, 2.75) is 6.92 Å². The van der Waals surface area contributed by atoms with E-state index in [0.29, 0.717) is 17.3 Å². The number of hydrogen-bond donors (Lipinski definition) is 1. The fourth-order valence-electron chi connectivity index (χ4n) is 1.56. The minimum atomic E-state index is -0.469. The summed E-state index contributed by atoms with van der Waals surface area (Å²) in [4.78, 5) is 18.4. The summed E-state index contributed by atoms with van der Waals surface area (Å²) in [5, 5.41) is 13.9. The lowest BCUT2D eigenvalue weighted by molar-refractivity contribution is -0.385. The number of nitrogens with one attached hydrogen (secondary N) is 1. The van der Waals surface area contributed by atoms with Crippen molar-refractivity contribution in [3.63, 3.8) is 0 Å². The zero-order chi connectivity index (χ0) is 14.7. The lowest BCUT2D eigenvalue weighted by atomic mass is 10.2. The molecule has 8 heteroatoms. The molecule has 0 aliphatic rings. The van der Waals surface area contributed by atoms with Gasteiger partial charge in [0.15, 0.2) is 0 Å². The van der Waals surface area contributed by atoms with Crippen molar-refractivity contribution in [1.29, 1.82) is 0 Å². The molecule has 0 aliphatic carbocycles. The van der Waals surface area contributed by atoms with Crippen LogP contribution in [0, 0.1) is 17.0 Å². The van der Waals surface area contributed by atoms with Gasteiger partial charge in [-0.25, -0.2) is 4.98 Å². The first-order valence-electron chi connectivity index (χ1n) is 5.65. The molecule has 1 aromatic heterocycles. The van der Waals surface area contributed by atoms with Gasteiger partial charge in [0.1, 0.15) is 10.8 Å². The molecule has 0 bridgehead atoms. The number of aromatic nitrogens is 2. The van der Waals surface area contributed by atoms with Gasteiger partial charge in [0.2, 0.25) is 11.8 Å². The Kier molecular flexibility index (Phi) is 3.99. The van der Waals surface area contributed by atoms with E-state index in [1.807, 2.05) is 0 Å². The molecule has 1 aromatic carbocycles. The second kappa shape index (κ2) is 5.70. The number of nitro benzene ring substituents is 1. The van der Waals surface area contributed by atoms with Gasteiger partial charge in [-0.2, -0.15) is 4.98 Å². The fourth-order valence-corrected chi connectivity index (χ4v) is 1.69. The summed E-state index contributed by atoms with van der Waals surface area (Å²) in [5.74, 6) is 0.795. The Morgan fingerprint density at radius 2 is 2.20 bits per heavy atom. The normalized spacial score (nSPS) is 10.2. The van der Waals surface area contributed by atoms with Gasteiger partial charge in [-0.3, -0.25) is 10.1 Å². The Labute approximate surface area is 119 Å². The van der Waals surface area contributed by atoms with Gasteiger partial charge in [0, 0.05) is 13.1 Å². The Balaban J connectivity index is 2.40. The molecule has 0 fully saturated rings. The van der Waals surface area contributed by atoms with Gasteiger partial charge in [-0.15, -0.1) is 0 Å². The van der Waals surface area contributed by atoms with E-state index >= 15 is 0 Å². The number of rotatable bonds is 4. The van der Waals surface area contributed by atoms with E-state index in [-0.39, 0.29) is 16.6 Å². The Morgan fingerprint density at radius 3 is 2.85 bits per heavy atom. The van der Waals surface area contributed by atoms with E-state index in [0.717, 1.165) is 0 Å². The first kappa shape index (κ1) is 14.0. The summed E-state index contributed by atoms with van der Waals surface area (Å²) >= 11 is 5.95. The molecule has 0 saturated heterocycles. The average molecular weight is 295 g/mol. The molecule has 0 aliphatic heterocycles. The molecule has 0 unspecified atom stereocenters. The number of halogens is 1. The second-order valence-corrected chi connectivity index (χ2v) is 4.26. The van der Waals surface area contributed by atoms with Gasteiger partial charge >= 0.3 is 0 Å². The summed E-state index contributed by atoms with van der Waals surface area (Å²) in [6, 6.07) is 4.55.